The van der Waals surface area contributed by atoms with Gasteiger partial charge in [0.1, 0.15) is 0 Å². The van der Waals surface area contributed by atoms with Gasteiger partial charge in [-0.2, -0.15) is 13.2 Å². The van der Waals surface area contributed by atoms with Crippen molar-refractivity contribution in [3.63, 3.8) is 0 Å². The fraction of sp³-hybridized carbons (Fsp3) is 0.727. The number of alkyl halides is 3. The van der Waals surface area contributed by atoms with E-state index in [9.17, 15) is 27.6 Å². The first-order chi connectivity index (χ1) is 9.52. The number of hydrogen-bond donors (Lipinski definition) is 2. The molecule has 1 aliphatic heterocycles. The molecule has 1 aliphatic rings. The molecule has 0 spiro atoms. The number of nitrogens with one attached hydrogen (secondary N) is 1. The standard InChI is InChI=1S/C11H15F3N2O5/c1-10(8(18)19,11(12,13)14)15-9(20)16-4-3-6(5-16)7(17)21-2/h6H,3-5H2,1-2H3,(H,15,20)(H,18,19). The Morgan fingerprint density at radius 2 is 1.90 bits per heavy atom. The van der Waals surface area contributed by atoms with Crippen molar-refractivity contribution < 1.29 is 37.4 Å². The molecule has 10 heteroatoms. The normalized spacial score (nSPS) is 21.6. The van der Waals surface area contributed by atoms with E-state index in [1.807, 2.05) is 0 Å². The van der Waals surface area contributed by atoms with Gasteiger partial charge in [0.25, 0.3) is 0 Å². The Bertz CT molecular complexity index is 454. The second-order valence-corrected chi connectivity index (χ2v) is 4.81. The molecule has 0 aromatic carbocycles. The van der Waals surface area contributed by atoms with E-state index in [2.05, 4.69) is 4.74 Å². The van der Waals surface area contributed by atoms with Crippen LogP contribution in [0.5, 0.6) is 0 Å². The van der Waals surface area contributed by atoms with E-state index >= 15 is 0 Å². The molecule has 0 aromatic heterocycles. The summed E-state index contributed by atoms with van der Waals surface area (Å²) in [5, 5.41) is 10.2. The molecule has 7 nitrogen and oxygen atoms in total. The summed E-state index contributed by atoms with van der Waals surface area (Å²) in [5.41, 5.74) is -3.40. The minimum atomic E-state index is -5.16. The Morgan fingerprint density at radius 1 is 1.33 bits per heavy atom. The topological polar surface area (TPSA) is 95.9 Å². The number of ether oxygens (including phenoxy) is 1. The van der Waals surface area contributed by atoms with Gasteiger partial charge in [0.05, 0.1) is 13.0 Å². The Balaban J connectivity index is 2.77. The van der Waals surface area contributed by atoms with Gasteiger partial charge in [-0.3, -0.25) is 4.79 Å². The van der Waals surface area contributed by atoms with Gasteiger partial charge in [0, 0.05) is 13.1 Å². The summed E-state index contributed by atoms with van der Waals surface area (Å²) >= 11 is 0. The van der Waals surface area contributed by atoms with Crippen LogP contribution in [0.25, 0.3) is 0 Å². The number of hydrogen-bond acceptors (Lipinski definition) is 4. The van der Waals surface area contributed by atoms with Crippen molar-refractivity contribution in [3.8, 4) is 0 Å². The molecule has 2 N–H and O–H groups in total. The maximum absolute atomic E-state index is 12.8. The SMILES string of the molecule is COC(=O)C1CCN(C(=O)NC(C)(C(=O)O)C(F)(F)F)C1. The number of nitrogens with zero attached hydrogens (tertiary/aromatic N) is 1. The van der Waals surface area contributed by atoms with Crippen LogP contribution in [0.1, 0.15) is 13.3 Å². The maximum Gasteiger partial charge on any atom is 0.422 e. The lowest BCUT2D eigenvalue weighted by Crippen LogP contribution is -2.63. The first-order valence-corrected chi connectivity index (χ1v) is 5.98. The van der Waals surface area contributed by atoms with Crippen LogP contribution in [0.2, 0.25) is 0 Å². The molecule has 2 unspecified atom stereocenters. The summed E-state index contributed by atoms with van der Waals surface area (Å²) in [7, 11) is 1.16. The fourth-order valence-corrected chi connectivity index (χ4v) is 1.84. The van der Waals surface area contributed by atoms with Crippen LogP contribution in [-0.4, -0.2) is 59.9 Å². The summed E-state index contributed by atoms with van der Waals surface area (Å²) in [6, 6.07) is -1.19. The molecule has 0 aromatic rings. The molecule has 120 valence electrons. The summed E-state index contributed by atoms with van der Waals surface area (Å²) in [6.07, 6.45) is -4.91. The van der Waals surface area contributed by atoms with Gasteiger partial charge in [-0.1, -0.05) is 0 Å². The van der Waals surface area contributed by atoms with E-state index in [-0.39, 0.29) is 19.5 Å². The fourth-order valence-electron chi connectivity index (χ4n) is 1.84. The van der Waals surface area contributed by atoms with Crippen LogP contribution in [0, 0.1) is 5.92 Å². The summed E-state index contributed by atoms with van der Waals surface area (Å²) in [4.78, 5) is 34.8. The lowest BCUT2D eigenvalue weighted by Gasteiger charge is -2.30. The molecule has 0 saturated carbocycles. The average molecular weight is 312 g/mol. The number of methoxy groups -OCH3 is 1. The van der Waals surface area contributed by atoms with Gasteiger partial charge >= 0.3 is 24.1 Å². The van der Waals surface area contributed by atoms with E-state index in [1.54, 1.807) is 0 Å². The molecule has 0 radical (unpaired) electrons. The zero-order chi connectivity index (χ0) is 16.4. The van der Waals surface area contributed by atoms with E-state index in [0.29, 0.717) is 6.92 Å². The second kappa shape index (κ2) is 5.78. The number of aliphatic carboxylic acids is 1. The number of carbonyl (C=O) groups excluding carboxylic acids is 2. The van der Waals surface area contributed by atoms with Crippen molar-refractivity contribution in [3.05, 3.63) is 0 Å². The van der Waals surface area contributed by atoms with E-state index in [1.165, 1.54) is 5.32 Å². The van der Waals surface area contributed by atoms with Gasteiger partial charge < -0.3 is 20.1 Å². The molecule has 0 aliphatic carbocycles. The molecule has 2 amide bonds. The van der Waals surface area contributed by atoms with Crippen LogP contribution in [0.15, 0.2) is 0 Å². The average Bonchev–Trinajstić information content (AvgIpc) is 2.85. The highest BCUT2D eigenvalue weighted by Gasteiger charge is 2.59. The second-order valence-electron chi connectivity index (χ2n) is 4.81. The first kappa shape index (κ1) is 17.1. The predicted octanol–water partition coefficient (Wildman–Crippen LogP) is 0.597. The Morgan fingerprint density at radius 3 is 2.33 bits per heavy atom. The van der Waals surface area contributed by atoms with Gasteiger partial charge in [0.2, 0.25) is 5.54 Å². The molecule has 1 fully saturated rings. The number of esters is 1. The van der Waals surface area contributed by atoms with Crippen molar-refractivity contribution in [2.24, 2.45) is 5.92 Å². The highest BCUT2D eigenvalue weighted by atomic mass is 19.4. The quantitative estimate of drug-likeness (QED) is 0.744. The van der Waals surface area contributed by atoms with Crippen molar-refractivity contribution in [2.75, 3.05) is 20.2 Å². The van der Waals surface area contributed by atoms with E-state index < -0.39 is 35.6 Å². The molecule has 2 atom stereocenters. The lowest BCUT2D eigenvalue weighted by atomic mass is 10.0. The third kappa shape index (κ3) is 3.37. The zero-order valence-electron chi connectivity index (χ0n) is 11.4. The molecular formula is C11H15F3N2O5. The zero-order valence-corrected chi connectivity index (χ0v) is 11.4. The Labute approximate surface area is 118 Å². The van der Waals surface area contributed by atoms with Gasteiger partial charge in [-0.15, -0.1) is 0 Å². The Hall–Kier alpha value is -2.00. The molecule has 1 heterocycles. The lowest BCUT2D eigenvalue weighted by molar-refractivity contribution is -0.203. The highest BCUT2D eigenvalue weighted by Crippen LogP contribution is 2.31. The van der Waals surface area contributed by atoms with Gasteiger partial charge in [-0.05, 0) is 13.3 Å². The van der Waals surface area contributed by atoms with Crippen molar-refractivity contribution in [2.45, 2.75) is 25.1 Å². The molecule has 0 bridgehead atoms. The number of halogens is 3. The third-order valence-corrected chi connectivity index (χ3v) is 3.36. The van der Waals surface area contributed by atoms with Crippen LogP contribution in [0.3, 0.4) is 0 Å². The number of carboxylic acid groups (broad SMARTS) is 1. The van der Waals surface area contributed by atoms with Crippen molar-refractivity contribution >= 4 is 18.0 Å². The summed E-state index contributed by atoms with van der Waals surface area (Å²) < 4.78 is 42.8. The summed E-state index contributed by atoms with van der Waals surface area (Å²) in [6.45, 7) is 0.284. The minimum Gasteiger partial charge on any atom is -0.479 e. The maximum atomic E-state index is 12.8. The summed E-state index contributed by atoms with van der Waals surface area (Å²) in [5.74, 6) is -3.41. The van der Waals surface area contributed by atoms with Crippen LogP contribution in [0.4, 0.5) is 18.0 Å². The molecule has 1 saturated heterocycles. The number of carbonyl (C=O) groups is 3. The number of likely N-dealkylation sites (tertiary alicyclic amines) is 1. The van der Waals surface area contributed by atoms with E-state index in [4.69, 9.17) is 5.11 Å². The van der Waals surface area contributed by atoms with Crippen LogP contribution < -0.4 is 5.32 Å². The van der Waals surface area contributed by atoms with Crippen LogP contribution in [-0.2, 0) is 14.3 Å². The van der Waals surface area contributed by atoms with Gasteiger partial charge in [-0.25, -0.2) is 9.59 Å². The predicted molar refractivity (Wildman–Crippen MR) is 62.3 cm³/mol. The van der Waals surface area contributed by atoms with Gasteiger partial charge in [0.15, 0.2) is 0 Å². The Kier molecular flexibility index (Phi) is 4.69. The number of carboxylic acids is 1. The molecule has 21 heavy (non-hydrogen) atoms. The van der Waals surface area contributed by atoms with Crippen molar-refractivity contribution in [1.82, 2.24) is 10.2 Å². The smallest absolute Gasteiger partial charge is 0.422 e. The number of amides is 2. The largest absolute Gasteiger partial charge is 0.479 e. The van der Waals surface area contributed by atoms with E-state index in [0.717, 1.165) is 12.0 Å². The molecular weight excluding hydrogens is 297 g/mol. The van der Waals surface area contributed by atoms with Crippen LogP contribution >= 0.6 is 0 Å². The van der Waals surface area contributed by atoms with Crippen molar-refractivity contribution in [1.29, 1.82) is 0 Å². The monoisotopic (exact) mass is 312 g/mol. The first-order valence-electron chi connectivity index (χ1n) is 5.98. The number of rotatable bonds is 3. The highest BCUT2D eigenvalue weighted by molar-refractivity contribution is 5.87. The molecule has 1 rings (SSSR count). The minimum absolute atomic E-state index is 0.0408. The number of urea groups is 1. The third-order valence-electron chi connectivity index (χ3n) is 3.36.